The van der Waals surface area contributed by atoms with E-state index in [1.54, 1.807) is 12.1 Å². The van der Waals surface area contributed by atoms with Gasteiger partial charge in [0.05, 0.1) is 10.8 Å². The number of anilines is 1. The van der Waals surface area contributed by atoms with E-state index in [9.17, 15) is 21.6 Å². The Morgan fingerprint density at radius 1 is 1.07 bits per heavy atom. The Kier molecular flexibility index (Phi) is 6.06. The number of pyridine rings is 1. The van der Waals surface area contributed by atoms with Crippen molar-refractivity contribution >= 4 is 31.6 Å². The Balaban J connectivity index is 1.83. The number of aryl methyl sites for hydroxylation is 1. The van der Waals surface area contributed by atoms with Gasteiger partial charge in [-0.15, -0.1) is 0 Å². The molecule has 1 saturated heterocycles. The van der Waals surface area contributed by atoms with Crippen LogP contribution in [0.3, 0.4) is 0 Å². The summed E-state index contributed by atoms with van der Waals surface area (Å²) in [6, 6.07) is 10.8. The zero-order valence-corrected chi connectivity index (χ0v) is 17.8. The Hall–Kier alpha value is -2.30. The molecule has 1 N–H and O–H groups in total. The third kappa shape index (κ3) is 4.82. The Labute approximate surface area is 170 Å². The van der Waals surface area contributed by atoms with Crippen molar-refractivity contribution in [2.75, 3.05) is 24.7 Å². The molecule has 156 valence electrons. The zero-order chi connectivity index (χ0) is 21.2. The monoisotopic (exact) mass is 437 g/mol. The van der Waals surface area contributed by atoms with Gasteiger partial charge in [0, 0.05) is 25.0 Å². The predicted octanol–water partition coefficient (Wildman–Crippen LogP) is 1.83. The number of nitrogens with zero attached hydrogens (tertiary/aromatic N) is 2. The molecule has 1 aromatic heterocycles. The van der Waals surface area contributed by atoms with E-state index in [4.69, 9.17) is 0 Å². The Bertz CT molecular complexity index is 1130. The fraction of sp³-hybridized carbons (Fsp3) is 0.368. The lowest BCUT2D eigenvalue weighted by Crippen LogP contribution is -2.44. The number of benzene rings is 1. The summed E-state index contributed by atoms with van der Waals surface area (Å²) in [5.74, 6) is -0.442. The molecule has 3 rings (SSSR count). The average Bonchev–Trinajstić information content (AvgIpc) is 2.67. The summed E-state index contributed by atoms with van der Waals surface area (Å²) < 4.78 is 51.5. The van der Waals surface area contributed by atoms with Crippen LogP contribution in [0.15, 0.2) is 52.3 Å². The molecule has 0 radical (unpaired) electrons. The summed E-state index contributed by atoms with van der Waals surface area (Å²) >= 11 is 0. The van der Waals surface area contributed by atoms with Crippen LogP contribution in [0.25, 0.3) is 0 Å². The van der Waals surface area contributed by atoms with Crippen molar-refractivity contribution in [3.8, 4) is 0 Å². The molecule has 2 aromatic rings. The minimum atomic E-state index is -4.06. The number of nitrogens with one attached hydrogen (secondary N) is 1. The lowest BCUT2D eigenvalue weighted by molar-refractivity contribution is -0.120. The van der Waals surface area contributed by atoms with Crippen molar-refractivity contribution in [3.05, 3.63) is 48.2 Å². The van der Waals surface area contributed by atoms with E-state index in [1.165, 1.54) is 28.6 Å². The van der Waals surface area contributed by atoms with Gasteiger partial charge in [0.2, 0.25) is 15.9 Å². The quantitative estimate of drug-likeness (QED) is 0.763. The molecule has 1 fully saturated rings. The molecule has 29 heavy (non-hydrogen) atoms. The molecule has 0 bridgehead atoms. The number of carbonyl (C=O) groups is 1. The summed E-state index contributed by atoms with van der Waals surface area (Å²) in [7, 11) is -7.79. The van der Waals surface area contributed by atoms with Gasteiger partial charge in [0.15, 0.2) is 9.84 Å². The first-order valence-corrected chi connectivity index (χ1v) is 12.5. The molecule has 0 saturated carbocycles. The zero-order valence-electron chi connectivity index (χ0n) is 16.2. The SMILES string of the molecule is Cc1cccc(NC(=O)C2CCCN(S(=O)(=O)c3ccccc3S(C)(=O)=O)C2)n1. The third-order valence-electron chi connectivity index (χ3n) is 4.76. The first-order valence-electron chi connectivity index (χ1n) is 9.13. The van der Waals surface area contributed by atoms with E-state index in [-0.39, 0.29) is 28.8 Å². The molecular formula is C19H23N3O5S2. The molecule has 0 spiro atoms. The maximum absolute atomic E-state index is 13.1. The van der Waals surface area contributed by atoms with Gasteiger partial charge in [-0.3, -0.25) is 4.79 Å². The summed E-state index contributed by atoms with van der Waals surface area (Å²) in [4.78, 5) is 16.4. The molecule has 1 aromatic carbocycles. The van der Waals surface area contributed by atoms with Crippen LogP contribution < -0.4 is 5.32 Å². The second kappa shape index (κ2) is 8.21. The lowest BCUT2D eigenvalue weighted by Gasteiger charge is -2.31. The number of aromatic nitrogens is 1. The molecule has 10 heteroatoms. The number of hydrogen-bond donors (Lipinski definition) is 1. The largest absolute Gasteiger partial charge is 0.310 e. The van der Waals surface area contributed by atoms with Crippen LogP contribution in [0.4, 0.5) is 5.82 Å². The third-order valence-corrected chi connectivity index (χ3v) is 7.97. The second-order valence-electron chi connectivity index (χ2n) is 7.07. The summed E-state index contributed by atoms with van der Waals surface area (Å²) in [6.07, 6.45) is 2.01. The van der Waals surface area contributed by atoms with E-state index in [0.717, 1.165) is 11.9 Å². The molecule has 1 aliphatic heterocycles. The molecule has 2 heterocycles. The molecule has 1 aliphatic rings. The summed E-state index contributed by atoms with van der Waals surface area (Å²) in [5.41, 5.74) is 0.757. The van der Waals surface area contributed by atoms with E-state index in [2.05, 4.69) is 10.3 Å². The molecular weight excluding hydrogens is 414 g/mol. The minimum Gasteiger partial charge on any atom is -0.310 e. The van der Waals surface area contributed by atoms with E-state index >= 15 is 0 Å². The number of sulfone groups is 1. The number of carbonyl (C=O) groups excluding carboxylic acids is 1. The van der Waals surface area contributed by atoms with E-state index < -0.39 is 25.8 Å². The van der Waals surface area contributed by atoms with E-state index in [0.29, 0.717) is 18.7 Å². The Morgan fingerprint density at radius 2 is 1.76 bits per heavy atom. The van der Waals surface area contributed by atoms with Gasteiger partial charge in [-0.25, -0.2) is 21.8 Å². The van der Waals surface area contributed by atoms with Gasteiger partial charge in [-0.05, 0) is 44.0 Å². The predicted molar refractivity (Wildman–Crippen MR) is 109 cm³/mol. The first kappa shape index (κ1) is 21.4. The fourth-order valence-corrected chi connectivity index (χ4v) is 6.45. The van der Waals surface area contributed by atoms with Crippen LogP contribution in [0.2, 0.25) is 0 Å². The first-order chi connectivity index (χ1) is 13.6. The van der Waals surface area contributed by atoms with Crippen LogP contribution in [0.5, 0.6) is 0 Å². The van der Waals surface area contributed by atoms with Crippen molar-refractivity contribution in [3.63, 3.8) is 0 Å². The fourth-order valence-electron chi connectivity index (χ4n) is 3.32. The van der Waals surface area contributed by atoms with Gasteiger partial charge in [0.25, 0.3) is 0 Å². The highest BCUT2D eigenvalue weighted by Gasteiger charge is 2.35. The lowest BCUT2D eigenvalue weighted by atomic mass is 9.99. The maximum atomic E-state index is 13.1. The van der Waals surface area contributed by atoms with Crippen molar-refractivity contribution in [1.29, 1.82) is 0 Å². The van der Waals surface area contributed by atoms with Gasteiger partial charge in [-0.1, -0.05) is 18.2 Å². The smallest absolute Gasteiger partial charge is 0.244 e. The van der Waals surface area contributed by atoms with Crippen molar-refractivity contribution in [1.82, 2.24) is 9.29 Å². The van der Waals surface area contributed by atoms with Crippen LogP contribution >= 0.6 is 0 Å². The molecule has 1 atom stereocenters. The van der Waals surface area contributed by atoms with Gasteiger partial charge in [-0.2, -0.15) is 4.31 Å². The average molecular weight is 438 g/mol. The standard InChI is InChI=1S/C19H23N3O5S2/c1-14-7-5-11-18(20-14)21-19(23)15-8-6-12-22(13-15)29(26,27)17-10-4-3-9-16(17)28(2,24)25/h3-5,7,9-11,15H,6,8,12-13H2,1-2H3,(H,20,21,23). The van der Waals surface area contributed by atoms with Crippen LogP contribution in [0.1, 0.15) is 18.5 Å². The number of sulfonamides is 1. The van der Waals surface area contributed by atoms with Gasteiger partial charge >= 0.3 is 0 Å². The van der Waals surface area contributed by atoms with Crippen LogP contribution in [-0.4, -0.2) is 51.4 Å². The van der Waals surface area contributed by atoms with Crippen molar-refractivity contribution in [2.24, 2.45) is 5.92 Å². The van der Waals surface area contributed by atoms with Crippen molar-refractivity contribution in [2.45, 2.75) is 29.6 Å². The number of piperidine rings is 1. The van der Waals surface area contributed by atoms with Crippen LogP contribution in [0, 0.1) is 12.8 Å². The normalized spacial score (nSPS) is 18.3. The number of amides is 1. The highest BCUT2D eigenvalue weighted by atomic mass is 32.2. The van der Waals surface area contributed by atoms with Gasteiger partial charge < -0.3 is 5.32 Å². The second-order valence-corrected chi connectivity index (χ2v) is 11.0. The topological polar surface area (TPSA) is 114 Å². The Morgan fingerprint density at radius 3 is 2.41 bits per heavy atom. The van der Waals surface area contributed by atoms with Gasteiger partial charge in [0.1, 0.15) is 10.7 Å². The highest BCUT2D eigenvalue weighted by molar-refractivity contribution is 7.93. The highest BCUT2D eigenvalue weighted by Crippen LogP contribution is 2.28. The molecule has 8 nitrogen and oxygen atoms in total. The summed E-state index contributed by atoms with van der Waals surface area (Å²) in [5, 5.41) is 2.73. The number of rotatable bonds is 5. The van der Waals surface area contributed by atoms with Crippen molar-refractivity contribution < 1.29 is 21.6 Å². The minimum absolute atomic E-state index is 0.0158. The summed E-state index contributed by atoms with van der Waals surface area (Å²) in [6.45, 7) is 2.02. The molecule has 1 amide bonds. The van der Waals surface area contributed by atoms with Crippen LogP contribution in [-0.2, 0) is 24.7 Å². The van der Waals surface area contributed by atoms with E-state index in [1.807, 2.05) is 13.0 Å². The maximum Gasteiger partial charge on any atom is 0.244 e. The number of hydrogen-bond acceptors (Lipinski definition) is 6. The molecule has 1 unspecified atom stereocenters. The molecule has 0 aliphatic carbocycles.